The molecule has 1 aromatic carbocycles. The molecule has 9 heteroatoms. The summed E-state index contributed by atoms with van der Waals surface area (Å²) in [4.78, 5) is 15.0. The molecule has 0 radical (unpaired) electrons. The lowest BCUT2D eigenvalue weighted by Gasteiger charge is -2.43. The van der Waals surface area contributed by atoms with Crippen LogP contribution in [-0.2, 0) is 10.3 Å². The van der Waals surface area contributed by atoms with Crippen molar-refractivity contribution >= 4 is 6.03 Å². The summed E-state index contributed by atoms with van der Waals surface area (Å²) in [5, 5.41) is 28.0. The summed E-state index contributed by atoms with van der Waals surface area (Å²) in [6, 6.07) is 3.69. The minimum absolute atomic E-state index is 0.0373. The van der Waals surface area contributed by atoms with Gasteiger partial charge in [-0.25, -0.2) is 13.6 Å². The minimum Gasteiger partial charge on any atom is -0.393 e. The van der Waals surface area contributed by atoms with Crippen molar-refractivity contribution in [2.45, 2.75) is 82.0 Å². The molecule has 2 amide bonds. The minimum atomic E-state index is -1.59. The molecule has 4 N–H and O–H groups in total. The topological polar surface area (TPSA) is 94.1 Å². The lowest BCUT2D eigenvalue weighted by Crippen LogP contribution is -2.54. The van der Waals surface area contributed by atoms with E-state index in [1.807, 2.05) is 7.05 Å². The average molecular weight is 526 g/mol. The van der Waals surface area contributed by atoms with Gasteiger partial charge in [0.2, 0.25) is 0 Å². The van der Waals surface area contributed by atoms with Gasteiger partial charge in [-0.1, -0.05) is 12.1 Å². The number of methoxy groups -OCH3 is 1. The number of aliphatic hydroxyl groups is 2. The number of hydrogen-bond acceptors (Lipinski definition) is 5. The van der Waals surface area contributed by atoms with Crippen molar-refractivity contribution in [3.05, 3.63) is 35.4 Å². The molecule has 1 aliphatic carbocycles. The molecule has 1 saturated carbocycles. The van der Waals surface area contributed by atoms with E-state index in [-0.39, 0.29) is 36.7 Å². The second-order valence-corrected chi connectivity index (χ2v) is 10.9. The van der Waals surface area contributed by atoms with Crippen molar-refractivity contribution in [2.24, 2.45) is 11.8 Å². The van der Waals surface area contributed by atoms with Crippen molar-refractivity contribution in [3.8, 4) is 0 Å². The number of benzene rings is 1. The summed E-state index contributed by atoms with van der Waals surface area (Å²) in [7, 11) is 3.47. The number of carbonyl (C=O) groups excluding carboxylic acids is 1. The third-order valence-electron chi connectivity index (χ3n) is 8.17. The number of likely N-dealkylation sites (tertiary alicyclic amines) is 1. The molecule has 3 rings (SSSR count). The molecule has 1 heterocycles. The van der Waals surface area contributed by atoms with Crippen LogP contribution in [0.1, 0.15) is 69.8 Å². The van der Waals surface area contributed by atoms with E-state index in [0.717, 1.165) is 38.2 Å². The van der Waals surface area contributed by atoms with Crippen LogP contribution in [0.4, 0.5) is 13.6 Å². The van der Waals surface area contributed by atoms with Crippen LogP contribution < -0.4 is 10.6 Å². The summed E-state index contributed by atoms with van der Waals surface area (Å²) in [6.07, 6.45) is 6.97. The van der Waals surface area contributed by atoms with Crippen LogP contribution in [0.3, 0.4) is 0 Å². The Labute approximate surface area is 220 Å². The summed E-state index contributed by atoms with van der Waals surface area (Å²) in [5.74, 6) is -1.97. The fourth-order valence-electron chi connectivity index (χ4n) is 6.08. The number of rotatable bonds is 12. The number of nitrogens with zero attached hydrogens (tertiary/aromatic N) is 1. The van der Waals surface area contributed by atoms with E-state index in [1.54, 1.807) is 12.0 Å². The number of urea groups is 1. The molecule has 0 bridgehead atoms. The van der Waals surface area contributed by atoms with Crippen molar-refractivity contribution in [2.75, 3.05) is 40.4 Å². The Kier molecular flexibility index (Phi) is 11.6. The maximum Gasteiger partial charge on any atom is 0.317 e. The van der Waals surface area contributed by atoms with Gasteiger partial charge in [0.1, 0.15) is 0 Å². The monoisotopic (exact) mass is 525 g/mol. The molecule has 2 aliphatic rings. The van der Waals surface area contributed by atoms with Crippen molar-refractivity contribution in [1.29, 1.82) is 0 Å². The summed E-state index contributed by atoms with van der Waals surface area (Å²) in [5.41, 5.74) is -1.63. The first-order chi connectivity index (χ1) is 17.8. The Morgan fingerprint density at radius 1 is 1.22 bits per heavy atom. The second-order valence-electron chi connectivity index (χ2n) is 10.9. The molecule has 2 fully saturated rings. The number of halogens is 2. The standard InChI is InChI=1S/C28H45F2N3O4/c1-31-18-22(17-20-10-12-23(34)13-11-20)32-27(35)33-15-6-7-21(19-33)28(36,14-3-4-16-37-2)24-8-5-9-25(29)26(24)30/h5,8-9,20-23,31,34,36H,3-4,6-7,10-19H2,1-2H3,(H,32,35)/t20?,21-,22+,23?,28+/m1/s1. The maximum atomic E-state index is 14.9. The van der Waals surface area contributed by atoms with E-state index >= 15 is 0 Å². The van der Waals surface area contributed by atoms with E-state index in [9.17, 15) is 23.8 Å². The Hall–Kier alpha value is -1.81. The lowest BCUT2D eigenvalue weighted by molar-refractivity contribution is -0.0591. The van der Waals surface area contributed by atoms with Gasteiger partial charge in [0.25, 0.3) is 0 Å². The first-order valence-corrected chi connectivity index (χ1v) is 13.8. The molecule has 210 valence electrons. The van der Waals surface area contributed by atoms with Gasteiger partial charge < -0.3 is 30.5 Å². The van der Waals surface area contributed by atoms with E-state index in [4.69, 9.17) is 4.74 Å². The number of likely N-dealkylation sites (N-methyl/N-ethyl adjacent to an activating group) is 1. The molecule has 1 aliphatic heterocycles. The highest BCUT2D eigenvalue weighted by Crippen LogP contribution is 2.41. The summed E-state index contributed by atoms with van der Waals surface area (Å²) >= 11 is 0. The predicted molar refractivity (Wildman–Crippen MR) is 139 cm³/mol. The van der Waals surface area contributed by atoms with Gasteiger partial charge in [0, 0.05) is 50.9 Å². The molecule has 3 atom stereocenters. The summed E-state index contributed by atoms with van der Waals surface area (Å²) < 4.78 is 34.2. The number of carbonyl (C=O) groups is 1. The molecular weight excluding hydrogens is 480 g/mol. The Morgan fingerprint density at radius 3 is 2.68 bits per heavy atom. The fraction of sp³-hybridized carbons (Fsp3) is 0.750. The smallest absolute Gasteiger partial charge is 0.317 e. The van der Waals surface area contributed by atoms with Gasteiger partial charge >= 0.3 is 6.03 Å². The molecule has 1 aromatic rings. The summed E-state index contributed by atoms with van der Waals surface area (Å²) in [6.45, 7) is 1.98. The maximum absolute atomic E-state index is 14.9. The van der Waals surface area contributed by atoms with Crippen molar-refractivity contribution in [3.63, 3.8) is 0 Å². The predicted octanol–water partition coefficient (Wildman–Crippen LogP) is 3.92. The third kappa shape index (κ3) is 8.09. The van der Waals surface area contributed by atoms with Crippen molar-refractivity contribution < 1.29 is 28.5 Å². The highest BCUT2D eigenvalue weighted by molar-refractivity contribution is 5.74. The van der Waals surface area contributed by atoms with E-state index in [0.29, 0.717) is 51.3 Å². The molecule has 0 aromatic heterocycles. The molecule has 7 nitrogen and oxygen atoms in total. The number of unbranched alkanes of at least 4 members (excludes halogenated alkanes) is 1. The quantitative estimate of drug-likeness (QED) is 0.311. The first-order valence-electron chi connectivity index (χ1n) is 13.8. The Morgan fingerprint density at radius 2 is 1.97 bits per heavy atom. The zero-order chi connectivity index (χ0) is 26.8. The van der Waals surface area contributed by atoms with Crippen LogP contribution in [0, 0.1) is 23.5 Å². The van der Waals surface area contributed by atoms with Crippen LogP contribution in [0.5, 0.6) is 0 Å². The van der Waals surface area contributed by atoms with Crippen LogP contribution in [0.15, 0.2) is 18.2 Å². The van der Waals surface area contributed by atoms with Gasteiger partial charge in [0.05, 0.1) is 11.7 Å². The third-order valence-corrected chi connectivity index (χ3v) is 8.17. The highest BCUT2D eigenvalue weighted by Gasteiger charge is 2.43. The molecule has 0 spiro atoms. The number of hydrogen-bond donors (Lipinski definition) is 4. The lowest BCUT2D eigenvalue weighted by atomic mass is 9.74. The number of aliphatic hydroxyl groups excluding tert-OH is 1. The van der Waals surface area contributed by atoms with E-state index in [2.05, 4.69) is 10.6 Å². The number of ether oxygens (including phenoxy) is 1. The number of amides is 2. The highest BCUT2D eigenvalue weighted by atomic mass is 19.2. The van der Waals surface area contributed by atoms with Crippen LogP contribution in [-0.4, -0.2) is 73.7 Å². The van der Waals surface area contributed by atoms with Gasteiger partial charge in [-0.3, -0.25) is 0 Å². The zero-order valence-corrected chi connectivity index (χ0v) is 22.4. The van der Waals surface area contributed by atoms with Gasteiger partial charge in [-0.05, 0) is 83.2 Å². The fourth-order valence-corrected chi connectivity index (χ4v) is 6.08. The van der Waals surface area contributed by atoms with Crippen LogP contribution in [0.2, 0.25) is 0 Å². The largest absolute Gasteiger partial charge is 0.393 e. The van der Waals surface area contributed by atoms with Gasteiger partial charge in [0.15, 0.2) is 11.6 Å². The van der Waals surface area contributed by atoms with E-state index < -0.39 is 23.2 Å². The average Bonchev–Trinajstić information content (AvgIpc) is 2.89. The second kappa shape index (κ2) is 14.4. The van der Waals surface area contributed by atoms with Gasteiger partial charge in [-0.15, -0.1) is 0 Å². The number of piperidine rings is 1. The first kappa shape index (κ1) is 29.7. The van der Waals surface area contributed by atoms with Gasteiger partial charge in [-0.2, -0.15) is 0 Å². The molecule has 0 unspecified atom stereocenters. The normalized spacial score (nSPS) is 24.9. The molecule has 37 heavy (non-hydrogen) atoms. The molecular formula is C28H45F2N3O4. The number of nitrogens with one attached hydrogen (secondary N) is 2. The van der Waals surface area contributed by atoms with Crippen molar-refractivity contribution in [1.82, 2.24) is 15.5 Å². The zero-order valence-electron chi connectivity index (χ0n) is 22.4. The van der Waals surface area contributed by atoms with Crippen LogP contribution >= 0.6 is 0 Å². The Bertz CT molecular complexity index is 853. The van der Waals surface area contributed by atoms with Crippen LogP contribution in [0.25, 0.3) is 0 Å². The molecule has 1 saturated heterocycles. The Balaban J connectivity index is 1.70. The van der Waals surface area contributed by atoms with E-state index in [1.165, 1.54) is 12.1 Å². The SMILES string of the molecule is CNC[C@H](CC1CCC(O)CC1)NC(=O)N1CCC[C@@H]([C@@](O)(CCCCOC)c2cccc(F)c2F)C1.